The second-order valence-electron chi connectivity index (χ2n) is 4.35. The molecule has 0 spiro atoms. The van der Waals surface area contributed by atoms with Gasteiger partial charge in [0.05, 0.1) is 0 Å². The fourth-order valence-corrected chi connectivity index (χ4v) is 4.13. The molecule has 1 nitrogen and oxygen atoms in total. The summed E-state index contributed by atoms with van der Waals surface area (Å²) in [7, 11) is 0. The van der Waals surface area contributed by atoms with E-state index in [-0.39, 0.29) is 0 Å². The van der Waals surface area contributed by atoms with Gasteiger partial charge in [-0.25, -0.2) is 0 Å². The molecule has 2 fully saturated rings. The number of nitrogens with one attached hydrogen (secondary N) is 1. The first-order valence-corrected chi connectivity index (χ1v) is 6.75. The molecule has 1 saturated heterocycles. The van der Waals surface area contributed by atoms with Crippen LogP contribution in [0.25, 0.3) is 0 Å². The number of rotatable bonds is 2. The van der Waals surface area contributed by atoms with E-state index in [1.807, 2.05) is 0 Å². The summed E-state index contributed by atoms with van der Waals surface area (Å²) in [4.78, 5) is 0. The fourth-order valence-electron chi connectivity index (χ4n) is 2.42. The van der Waals surface area contributed by atoms with Crippen molar-refractivity contribution < 1.29 is 0 Å². The first kappa shape index (κ1) is 9.85. The van der Waals surface area contributed by atoms with Crippen molar-refractivity contribution in [3.63, 3.8) is 0 Å². The zero-order chi connectivity index (χ0) is 8.93. The van der Waals surface area contributed by atoms with Gasteiger partial charge in [0, 0.05) is 10.5 Å². The molecule has 0 aromatic rings. The van der Waals surface area contributed by atoms with Gasteiger partial charge in [-0.05, 0) is 45.2 Å². The van der Waals surface area contributed by atoms with Gasteiger partial charge >= 0.3 is 0 Å². The monoisotopic (exact) mass is 199 g/mol. The molecule has 1 heterocycles. The van der Waals surface area contributed by atoms with Gasteiger partial charge in [-0.1, -0.05) is 12.8 Å². The summed E-state index contributed by atoms with van der Waals surface area (Å²) in [6.07, 6.45) is 10.2. The Morgan fingerprint density at radius 1 is 0.769 bits per heavy atom. The van der Waals surface area contributed by atoms with Crippen LogP contribution in [0.1, 0.15) is 44.9 Å². The van der Waals surface area contributed by atoms with E-state index in [4.69, 9.17) is 0 Å². The summed E-state index contributed by atoms with van der Waals surface area (Å²) in [6, 6.07) is 0. The maximum Gasteiger partial charge on any atom is 0.00623 e. The van der Waals surface area contributed by atoms with Crippen LogP contribution in [-0.4, -0.2) is 23.6 Å². The molecule has 2 rings (SSSR count). The normalized spacial score (nSPS) is 31.8. The Balaban J connectivity index is 1.71. The summed E-state index contributed by atoms with van der Waals surface area (Å²) < 4.78 is 0. The van der Waals surface area contributed by atoms with Crippen molar-refractivity contribution in [2.24, 2.45) is 0 Å². The molecule has 2 aliphatic rings. The zero-order valence-electron chi connectivity index (χ0n) is 8.43. The lowest BCUT2D eigenvalue weighted by atomic mass is 10.2. The number of thioether (sulfide) groups is 1. The smallest absolute Gasteiger partial charge is 0.00623 e. The van der Waals surface area contributed by atoms with Crippen LogP contribution in [0.3, 0.4) is 0 Å². The first-order valence-electron chi connectivity index (χ1n) is 5.81. The summed E-state index contributed by atoms with van der Waals surface area (Å²) in [5.74, 6) is 0. The Hall–Kier alpha value is 0.310. The predicted molar refractivity (Wildman–Crippen MR) is 60.4 cm³/mol. The maximum atomic E-state index is 3.49. The predicted octanol–water partition coefficient (Wildman–Crippen LogP) is 2.80. The van der Waals surface area contributed by atoms with Crippen LogP contribution in [0.4, 0.5) is 0 Å². The molecule has 1 N–H and O–H groups in total. The van der Waals surface area contributed by atoms with Gasteiger partial charge in [0.1, 0.15) is 0 Å². The van der Waals surface area contributed by atoms with Gasteiger partial charge in [-0.15, -0.1) is 0 Å². The summed E-state index contributed by atoms with van der Waals surface area (Å²) >= 11 is 2.30. The molecular formula is C11H21NS. The SMILES string of the molecule is C1CCC(SC2CCCNCC2)C1. The summed E-state index contributed by atoms with van der Waals surface area (Å²) in [5, 5.41) is 5.48. The van der Waals surface area contributed by atoms with E-state index in [1.54, 1.807) is 0 Å². The van der Waals surface area contributed by atoms with Crippen molar-refractivity contribution in [2.45, 2.75) is 55.4 Å². The molecule has 0 bridgehead atoms. The van der Waals surface area contributed by atoms with Crippen LogP contribution < -0.4 is 5.32 Å². The van der Waals surface area contributed by atoms with E-state index < -0.39 is 0 Å². The van der Waals surface area contributed by atoms with Crippen molar-refractivity contribution in [3.05, 3.63) is 0 Å². The Morgan fingerprint density at radius 2 is 1.46 bits per heavy atom. The molecule has 0 amide bonds. The lowest BCUT2D eigenvalue weighted by molar-refractivity contribution is 0.703. The van der Waals surface area contributed by atoms with Crippen LogP contribution in [-0.2, 0) is 0 Å². The molecule has 0 aromatic heterocycles. The van der Waals surface area contributed by atoms with Gasteiger partial charge in [0.15, 0.2) is 0 Å². The van der Waals surface area contributed by atoms with Crippen LogP contribution in [0.5, 0.6) is 0 Å². The minimum atomic E-state index is 0.970. The van der Waals surface area contributed by atoms with Gasteiger partial charge in [0.25, 0.3) is 0 Å². The van der Waals surface area contributed by atoms with Crippen LogP contribution in [0.2, 0.25) is 0 Å². The Morgan fingerprint density at radius 3 is 2.31 bits per heavy atom. The quantitative estimate of drug-likeness (QED) is 0.734. The van der Waals surface area contributed by atoms with Gasteiger partial charge in [-0.2, -0.15) is 11.8 Å². The highest BCUT2D eigenvalue weighted by atomic mass is 32.2. The Labute approximate surface area is 86.0 Å². The third-order valence-corrected chi connectivity index (χ3v) is 4.92. The van der Waals surface area contributed by atoms with Crippen LogP contribution in [0, 0.1) is 0 Å². The van der Waals surface area contributed by atoms with Crippen molar-refractivity contribution in [3.8, 4) is 0 Å². The molecule has 2 heteroatoms. The van der Waals surface area contributed by atoms with E-state index in [0.717, 1.165) is 10.5 Å². The molecule has 76 valence electrons. The summed E-state index contributed by atoms with van der Waals surface area (Å²) in [6.45, 7) is 2.51. The third kappa shape index (κ3) is 3.17. The second kappa shape index (κ2) is 5.26. The maximum absolute atomic E-state index is 3.49. The Kier molecular flexibility index (Phi) is 3.98. The largest absolute Gasteiger partial charge is 0.317 e. The number of hydrogen-bond donors (Lipinski definition) is 1. The van der Waals surface area contributed by atoms with Gasteiger partial charge in [-0.3, -0.25) is 0 Å². The lowest BCUT2D eigenvalue weighted by Gasteiger charge is -2.17. The van der Waals surface area contributed by atoms with Gasteiger partial charge < -0.3 is 5.32 Å². The highest BCUT2D eigenvalue weighted by Gasteiger charge is 2.21. The number of hydrogen-bond acceptors (Lipinski definition) is 2. The van der Waals surface area contributed by atoms with E-state index in [0.29, 0.717) is 0 Å². The molecule has 13 heavy (non-hydrogen) atoms. The molecule has 1 atom stereocenters. The molecular weight excluding hydrogens is 178 g/mol. The minimum absolute atomic E-state index is 0.970. The van der Waals surface area contributed by atoms with E-state index >= 15 is 0 Å². The fraction of sp³-hybridized carbons (Fsp3) is 1.00. The van der Waals surface area contributed by atoms with Gasteiger partial charge in [0.2, 0.25) is 0 Å². The van der Waals surface area contributed by atoms with Crippen molar-refractivity contribution in [2.75, 3.05) is 13.1 Å². The molecule has 0 aromatic carbocycles. The average Bonchev–Trinajstić information content (AvgIpc) is 2.49. The molecule has 1 saturated carbocycles. The topological polar surface area (TPSA) is 12.0 Å². The van der Waals surface area contributed by atoms with E-state index in [1.165, 1.54) is 58.0 Å². The van der Waals surface area contributed by atoms with Crippen LogP contribution >= 0.6 is 11.8 Å². The highest BCUT2D eigenvalue weighted by Crippen LogP contribution is 2.35. The van der Waals surface area contributed by atoms with E-state index in [2.05, 4.69) is 17.1 Å². The van der Waals surface area contributed by atoms with Crippen LogP contribution in [0.15, 0.2) is 0 Å². The standard InChI is InChI=1S/C11H21NS/c1-2-5-10(4-1)13-11-6-3-8-12-9-7-11/h10-12H,1-9H2. The Bertz CT molecular complexity index is 135. The molecule has 0 radical (unpaired) electrons. The molecule has 1 aliphatic carbocycles. The van der Waals surface area contributed by atoms with Crippen molar-refractivity contribution in [1.82, 2.24) is 5.32 Å². The third-order valence-electron chi connectivity index (χ3n) is 3.21. The van der Waals surface area contributed by atoms with Crippen molar-refractivity contribution >= 4 is 11.8 Å². The summed E-state index contributed by atoms with van der Waals surface area (Å²) in [5.41, 5.74) is 0. The van der Waals surface area contributed by atoms with Crippen molar-refractivity contribution in [1.29, 1.82) is 0 Å². The molecule has 1 unspecified atom stereocenters. The minimum Gasteiger partial charge on any atom is -0.317 e. The lowest BCUT2D eigenvalue weighted by Crippen LogP contribution is -2.15. The first-order chi connectivity index (χ1) is 6.45. The average molecular weight is 199 g/mol. The highest BCUT2D eigenvalue weighted by molar-refractivity contribution is 8.00. The molecule has 1 aliphatic heterocycles. The zero-order valence-corrected chi connectivity index (χ0v) is 9.24. The second-order valence-corrected chi connectivity index (χ2v) is 5.95. The van der Waals surface area contributed by atoms with E-state index in [9.17, 15) is 0 Å².